The van der Waals surface area contributed by atoms with Gasteiger partial charge in [-0.15, -0.1) is 0 Å². The van der Waals surface area contributed by atoms with Crippen LogP contribution in [0.4, 0.5) is 5.69 Å². The fraction of sp³-hybridized carbons (Fsp3) is 0.312. The number of furan rings is 1. The van der Waals surface area contributed by atoms with Crippen LogP contribution >= 0.6 is 0 Å². The first-order valence-electron chi connectivity index (χ1n) is 7.18. The first-order chi connectivity index (χ1) is 10.5. The van der Waals surface area contributed by atoms with Crippen LogP contribution in [-0.4, -0.2) is 32.0 Å². The molecule has 0 fully saturated rings. The lowest BCUT2D eigenvalue weighted by molar-refractivity contribution is 0.445. The summed E-state index contributed by atoms with van der Waals surface area (Å²) in [4.78, 5) is 4.55. The van der Waals surface area contributed by atoms with E-state index in [0.717, 1.165) is 5.76 Å². The molecule has 0 aliphatic rings. The smallest absolute Gasteiger partial charge is 0.243 e. The second kappa shape index (κ2) is 6.89. The van der Waals surface area contributed by atoms with E-state index >= 15 is 0 Å². The third-order valence-corrected chi connectivity index (χ3v) is 5.35. The fourth-order valence-electron chi connectivity index (χ4n) is 2.08. The average molecular weight is 320 g/mol. The maximum atomic E-state index is 12.4. The van der Waals surface area contributed by atoms with E-state index in [1.165, 1.54) is 4.31 Å². The van der Waals surface area contributed by atoms with E-state index in [-0.39, 0.29) is 4.90 Å². The van der Waals surface area contributed by atoms with Gasteiger partial charge >= 0.3 is 0 Å². The molecule has 1 aromatic heterocycles. The molecule has 0 N–H and O–H groups in total. The number of aliphatic imine (C=N–C) groups is 1. The first-order valence-corrected chi connectivity index (χ1v) is 8.62. The van der Waals surface area contributed by atoms with Gasteiger partial charge in [0.15, 0.2) is 0 Å². The van der Waals surface area contributed by atoms with Gasteiger partial charge in [0, 0.05) is 13.1 Å². The number of aryl methyl sites for hydroxylation is 1. The van der Waals surface area contributed by atoms with E-state index in [9.17, 15) is 8.42 Å². The molecule has 0 bridgehead atoms. The van der Waals surface area contributed by atoms with E-state index in [2.05, 4.69) is 4.99 Å². The molecule has 0 aliphatic heterocycles. The third-order valence-electron chi connectivity index (χ3n) is 3.28. The minimum atomic E-state index is -3.42. The Morgan fingerprint density at radius 2 is 1.73 bits per heavy atom. The number of rotatable bonds is 6. The summed E-state index contributed by atoms with van der Waals surface area (Å²) in [7, 11) is -3.42. The minimum absolute atomic E-state index is 0.281. The number of hydrogen-bond acceptors (Lipinski definition) is 4. The normalized spacial score (nSPS) is 12.4. The Kier molecular flexibility index (Phi) is 5.15. The summed E-state index contributed by atoms with van der Waals surface area (Å²) < 4.78 is 31.5. The average Bonchev–Trinajstić information content (AvgIpc) is 2.92. The summed E-state index contributed by atoms with van der Waals surface area (Å²) in [6, 6.07) is 10.2. The predicted molar refractivity (Wildman–Crippen MR) is 87.2 cm³/mol. The lowest BCUT2D eigenvalue weighted by Gasteiger charge is -2.18. The lowest BCUT2D eigenvalue weighted by Crippen LogP contribution is -2.30. The Bertz CT molecular complexity index is 742. The Morgan fingerprint density at radius 3 is 2.23 bits per heavy atom. The number of benzene rings is 1. The van der Waals surface area contributed by atoms with Crippen molar-refractivity contribution in [2.75, 3.05) is 13.1 Å². The molecule has 1 aromatic carbocycles. The molecule has 2 rings (SSSR count). The summed E-state index contributed by atoms with van der Waals surface area (Å²) in [5, 5.41) is 0. The van der Waals surface area contributed by atoms with Crippen LogP contribution in [-0.2, 0) is 10.0 Å². The van der Waals surface area contributed by atoms with Crippen molar-refractivity contribution in [3.05, 3.63) is 47.9 Å². The molecule has 1 heterocycles. The largest absolute Gasteiger partial charge is 0.460 e. The Balaban J connectivity index is 2.18. The van der Waals surface area contributed by atoms with Crippen LogP contribution in [0, 0.1) is 6.92 Å². The van der Waals surface area contributed by atoms with Gasteiger partial charge < -0.3 is 4.42 Å². The van der Waals surface area contributed by atoms with E-state index in [1.54, 1.807) is 30.5 Å². The van der Waals surface area contributed by atoms with Crippen molar-refractivity contribution in [1.82, 2.24) is 4.31 Å². The first kappa shape index (κ1) is 16.5. The van der Waals surface area contributed by atoms with Gasteiger partial charge in [0.25, 0.3) is 0 Å². The minimum Gasteiger partial charge on any atom is -0.460 e. The number of sulfonamides is 1. The van der Waals surface area contributed by atoms with Crippen molar-refractivity contribution in [1.29, 1.82) is 0 Å². The van der Waals surface area contributed by atoms with Crippen LogP contribution in [0.15, 0.2) is 50.7 Å². The van der Waals surface area contributed by atoms with Crippen LogP contribution in [0.1, 0.15) is 25.4 Å². The summed E-state index contributed by atoms with van der Waals surface area (Å²) in [5.41, 5.74) is 0.674. The van der Waals surface area contributed by atoms with Crippen molar-refractivity contribution in [2.45, 2.75) is 25.7 Å². The lowest BCUT2D eigenvalue weighted by atomic mass is 10.3. The van der Waals surface area contributed by atoms with Crippen LogP contribution in [0.25, 0.3) is 0 Å². The van der Waals surface area contributed by atoms with Crippen LogP contribution in [0.2, 0.25) is 0 Å². The summed E-state index contributed by atoms with van der Waals surface area (Å²) in [5.74, 6) is 1.49. The SMILES string of the molecule is CCN(CC)S(=O)(=O)c1ccc(N=Cc2ccc(C)o2)cc1. The summed E-state index contributed by atoms with van der Waals surface area (Å²) in [6.45, 7) is 6.42. The van der Waals surface area contributed by atoms with Crippen molar-refractivity contribution in [2.24, 2.45) is 4.99 Å². The highest BCUT2D eigenvalue weighted by Gasteiger charge is 2.20. The molecule has 0 radical (unpaired) electrons. The van der Waals surface area contributed by atoms with Crippen molar-refractivity contribution >= 4 is 21.9 Å². The number of hydrogen-bond donors (Lipinski definition) is 0. The topological polar surface area (TPSA) is 62.9 Å². The third kappa shape index (κ3) is 3.64. The molecule has 0 amide bonds. The molecule has 0 unspecified atom stereocenters. The van der Waals surface area contributed by atoms with Crippen molar-refractivity contribution in [3.8, 4) is 0 Å². The quantitative estimate of drug-likeness (QED) is 0.767. The zero-order valence-electron chi connectivity index (χ0n) is 13.0. The molecular weight excluding hydrogens is 300 g/mol. The highest BCUT2D eigenvalue weighted by atomic mass is 32.2. The van der Waals surface area contributed by atoms with E-state index in [1.807, 2.05) is 32.9 Å². The molecule has 5 nitrogen and oxygen atoms in total. The molecule has 0 saturated carbocycles. The Hall–Kier alpha value is -1.92. The molecule has 22 heavy (non-hydrogen) atoms. The van der Waals surface area contributed by atoms with Crippen LogP contribution < -0.4 is 0 Å². The second-order valence-corrected chi connectivity index (χ2v) is 6.73. The summed E-state index contributed by atoms with van der Waals surface area (Å²) >= 11 is 0. The Labute approximate surface area is 131 Å². The van der Waals surface area contributed by atoms with Crippen LogP contribution in [0.5, 0.6) is 0 Å². The molecule has 0 spiro atoms. The molecule has 0 atom stereocenters. The van der Waals surface area contributed by atoms with Crippen molar-refractivity contribution < 1.29 is 12.8 Å². The molecule has 6 heteroatoms. The zero-order chi connectivity index (χ0) is 16.2. The molecule has 0 saturated heterocycles. The molecule has 0 aliphatic carbocycles. The molecule has 2 aromatic rings. The van der Waals surface area contributed by atoms with Gasteiger partial charge in [-0.05, 0) is 43.3 Å². The summed E-state index contributed by atoms with van der Waals surface area (Å²) in [6.07, 6.45) is 1.61. The van der Waals surface area contributed by atoms with E-state index < -0.39 is 10.0 Å². The molecular formula is C16H20N2O3S. The monoisotopic (exact) mass is 320 g/mol. The highest BCUT2D eigenvalue weighted by Crippen LogP contribution is 2.20. The van der Waals surface area contributed by atoms with Gasteiger partial charge in [0.05, 0.1) is 16.8 Å². The van der Waals surface area contributed by atoms with Gasteiger partial charge in [-0.1, -0.05) is 13.8 Å². The standard InChI is InChI=1S/C16H20N2O3S/c1-4-18(5-2)22(19,20)16-10-7-14(8-11-16)17-12-15-9-6-13(3)21-15/h6-12H,4-5H2,1-3H3. The van der Waals surface area contributed by atoms with Gasteiger partial charge in [0.1, 0.15) is 11.5 Å². The molecule has 118 valence electrons. The van der Waals surface area contributed by atoms with Crippen LogP contribution in [0.3, 0.4) is 0 Å². The highest BCUT2D eigenvalue weighted by molar-refractivity contribution is 7.89. The van der Waals surface area contributed by atoms with Gasteiger partial charge in [-0.3, -0.25) is 4.99 Å². The Morgan fingerprint density at radius 1 is 1.09 bits per heavy atom. The fourth-order valence-corrected chi connectivity index (χ4v) is 3.54. The van der Waals surface area contributed by atoms with Crippen molar-refractivity contribution in [3.63, 3.8) is 0 Å². The maximum Gasteiger partial charge on any atom is 0.243 e. The second-order valence-electron chi connectivity index (χ2n) is 4.79. The van der Waals surface area contributed by atoms with Gasteiger partial charge in [0.2, 0.25) is 10.0 Å². The predicted octanol–water partition coefficient (Wildman–Crippen LogP) is 3.37. The van der Waals surface area contributed by atoms with Gasteiger partial charge in [-0.2, -0.15) is 4.31 Å². The zero-order valence-corrected chi connectivity index (χ0v) is 13.8. The van der Waals surface area contributed by atoms with E-state index in [0.29, 0.717) is 24.5 Å². The van der Waals surface area contributed by atoms with E-state index in [4.69, 9.17) is 4.42 Å². The van der Waals surface area contributed by atoms with Gasteiger partial charge in [-0.25, -0.2) is 8.42 Å². The number of nitrogens with zero attached hydrogens (tertiary/aromatic N) is 2. The maximum absolute atomic E-state index is 12.4.